The van der Waals surface area contributed by atoms with Gasteiger partial charge in [0.15, 0.2) is 0 Å². The van der Waals surface area contributed by atoms with E-state index < -0.39 is 63.0 Å². The molecule has 40 heavy (non-hydrogen) atoms. The number of hydrogen-bond acceptors (Lipinski definition) is 6. The highest BCUT2D eigenvalue weighted by Gasteiger charge is 2.81. The summed E-state index contributed by atoms with van der Waals surface area (Å²) in [6, 6.07) is 12.9. The number of anilines is 2. The van der Waals surface area contributed by atoms with Crippen LogP contribution in [0.2, 0.25) is 10.0 Å². The van der Waals surface area contributed by atoms with Gasteiger partial charge in [0.2, 0.25) is 23.6 Å². The molecule has 0 spiro atoms. The van der Waals surface area contributed by atoms with Gasteiger partial charge in [0.25, 0.3) is 0 Å². The number of esters is 1. The lowest BCUT2D eigenvalue weighted by Gasteiger charge is -2.59. The predicted molar refractivity (Wildman–Crippen MR) is 151 cm³/mol. The zero-order chi connectivity index (χ0) is 28.9. The van der Waals surface area contributed by atoms with Crippen LogP contribution < -0.4 is 9.80 Å². The summed E-state index contributed by atoms with van der Waals surface area (Å²) in [4.78, 5) is 72.6. The van der Waals surface area contributed by atoms with E-state index in [1.165, 1.54) is 0 Å². The molecule has 3 aliphatic carbocycles. The summed E-state index contributed by atoms with van der Waals surface area (Å²) in [7, 11) is 0. The molecule has 3 fully saturated rings. The first-order chi connectivity index (χ1) is 18.9. The largest absolute Gasteiger partial charge is 0.463 e. The minimum atomic E-state index is -1.55. The van der Waals surface area contributed by atoms with Crippen molar-refractivity contribution in [2.24, 2.45) is 29.1 Å². The number of benzene rings is 2. The molecule has 2 heterocycles. The number of hydrogen-bond donors (Lipinski definition) is 0. The number of carbonyl (C=O) groups is 5. The number of amides is 4. The van der Waals surface area contributed by atoms with Gasteiger partial charge in [0.1, 0.15) is 0 Å². The molecule has 11 heteroatoms. The molecule has 4 amide bonds. The first-order valence-electron chi connectivity index (χ1n) is 12.8. The van der Waals surface area contributed by atoms with Gasteiger partial charge in [-0.3, -0.25) is 19.2 Å². The van der Waals surface area contributed by atoms with Crippen molar-refractivity contribution in [3.63, 3.8) is 0 Å². The van der Waals surface area contributed by atoms with Crippen molar-refractivity contribution in [1.82, 2.24) is 0 Å². The maximum Gasteiger partial charge on any atom is 0.334 e. The Balaban J connectivity index is 1.61. The van der Waals surface area contributed by atoms with E-state index in [-0.39, 0.29) is 33.6 Å². The van der Waals surface area contributed by atoms with E-state index in [1.54, 1.807) is 69.3 Å². The molecule has 2 bridgehead atoms. The maximum atomic E-state index is 14.3. The molecule has 206 valence electrons. The Labute approximate surface area is 248 Å². The lowest BCUT2D eigenvalue weighted by molar-refractivity contribution is -0.152. The third kappa shape index (κ3) is 3.11. The molecule has 8 nitrogen and oxygen atoms in total. The van der Waals surface area contributed by atoms with Crippen LogP contribution >= 0.6 is 39.1 Å². The fourth-order valence-corrected chi connectivity index (χ4v) is 9.03. The summed E-state index contributed by atoms with van der Waals surface area (Å²) < 4.78 is 3.88. The van der Waals surface area contributed by atoms with Gasteiger partial charge in [-0.1, -0.05) is 70.3 Å². The van der Waals surface area contributed by atoms with Gasteiger partial charge in [-0.15, -0.1) is 0 Å². The summed E-state index contributed by atoms with van der Waals surface area (Å²) in [6.07, 6.45) is 0. The first kappa shape index (κ1) is 27.2. The van der Waals surface area contributed by atoms with E-state index in [0.717, 1.165) is 9.80 Å². The lowest BCUT2D eigenvalue weighted by atomic mass is 9.43. The lowest BCUT2D eigenvalue weighted by Crippen LogP contribution is -2.67. The summed E-state index contributed by atoms with van der Waals surface area (Å²) in [5.41, 5.74) is -0.641. The molecule has 5 aliphatic rings. The number of alkyl halides is 1. The van der Waals surface area contributed by atoms with Crippen LogP contribution in [-0.4, -0.2) is 40.5 Å². The minimum absolute atomic E-state index is 0.0560. The molecule has 2 unspecified atom stereocenters. The van der Waals surface area contributed by atoms with Crippen molar-refractivity contribution in [3.8, 4) is 0 Å². The molecule has 2 aromatic rings. The summed E-state index contributed by atoms with van der Waals surface area (Å²) in [5.74, 6) is -7.52. The fourth-order valence-electron chi connectivity index (χ4n) is 7.47. The van der Waals surface area contributed by atoms with Gasteiger partial charge in [0.05, 0.1) is 56.0 Å². The van der Waals surface area contributed by atoms with Crippen molar-refractivity contribution in [2.75, 3.05) is 16.4 Å². The molecule has 0 aromatic heterocycles. The van der Waals surface area contributed by atoms with Crippen LogP contribution in [0.15, 0.2) is 59.7 Å². The highest BCUT2D eigenvalue weighted by molar-refractivity contribution is 9.10. The van der Waals surface area contributed by atoms with E-state index in [2.05, 4.69) is 15.9 Å². The second kappa shape index (κ2) is 8.99. The SMILES string of the molecule is CCOC(=O)C1=C(C)C2(Br)[C@@H]3C(=O)N(c4ccccc4Cl)C(=O)[C@H]3C1(C)[C@H]1C(=O)N(c3ccccc3Cl)C(=O)[C@H]12. The van der Waals surface area contributed by atoms with Crippen molar-refractivity contribution in [3.05, 3.63) is 69.7 Å². The van der Waals surface area contributed by atoms with E-state index >= 15 is 0 Å². The van der Waals surface area contributed by atoms with E-state index in [9.17, 15) is 24.0 Å². The highest BCUT2D eigenvalue weighted by Crippen LogP contribution is 2.72. The van der Waals surface area contributed by atoms with Crippen molar-refractivity contribution in [2.45, 2.75) is 25.1 Å². The molecule has 2 aliphatic heterocycles. The maximum absolute atomic E-state index is 14.3. The standard InChI is InChI=1S/C29H23BrCl2N2O6/c1-4-40-27(39)18-13(2)29(30)21-19(23(35)33(25(21)37)16-11-7-5-9-14(16)31)28(18,3)20-22(29)26(38)34(24(20)36)17-12-8-6-10-15(17)32/h5-12,19-22H,4H2,1-3H3/t19-,20+,21-,22-,28?,29?/m0/s1. The Morgan fingerprint density at radius 1 is 0.825 bits per heavy atom. The van der Waals surface area contributed by atoms with Crippen LogP contribution in [-0.2, 0) is 28.7 Å². The molecule has 6 atom stereocenters. The molecule has 0 radical (unpaired) electrons. The second-order valence-electron chi connectivity index (χ2n) is 10.6. The number of carbonyl (C=O) groups excluding carboxylic acids is 5. The second-order valence-corrected chi connectivity index (χ2v) is 12.7. The predicted octanol–water partition coefficient (Wildman–Crippen LogP) is 4.95. The Hall–Kier alpha value is -3.01. The Bertz CT molecular complexity index is 1500. The van der Waals surface area contributed by atoms with Crippen LogP contribution in [0, 0.1) is 29.1 Å². The van der Waals surface area contributed by atoms with Crippen LogP contribution in [0.3, 0.4) is 0 Å². The van der Waals surface area contributed by atoms with Gasteiger partial charge in [-0.05, 0) is 43.7 Å². The normalized spacial score (nSPS) is 32.6. The molecule has 0 N–H and O–H groups in total. The molecule has 1 saturated carbocycles. The van der Waals surface area contributed by atoms with Gasteiger partial charge >= 0.3 is 5.97 Å². The van der Waals surface area contributed by atoms with Crippen molar-refractivity contribution in [1.29, 1.82) is 0 Å². The van der Waals surface area contributed by atoms with Crippen LogP contribution in [0.1, 0.15) is 20.8 Å². The van der Waals surface area contributed by atoms with Crippen LogP contribution in [0.25, 0.3) is 0 Å². The van der Waals surface area contributed by atoms with Gasteiger partial charge in [0, 0.05) is 11.0 Å². The number of rotatable bonds is 4. The Morgan fingerprint density at radius 2 is 1.23 bits per heavy atom. The molecular formula is C29H23BrCl2N2O6. The fraction of sp³-hybridized carbons (Fsp3) is 0.345. The molecule has 7 rings (SSSR count). The molecule has 2 aromatic carbocycles. The number of ether oxygens (including phenoxy) is 1. The average molecular weight is 646 g/mol. The minimum Gasteiger partial charge on any atom is -0.463 e. The smallest absolute Gasteiger partial charge is 0.334 e. The Morgan fingerprint density at radius 3 is 1.62 bits per heavy atom. The van der Waals surface area contributed by atoms with E-state index in [0.29, 0.717) is 5.57 Å². The first-order valence-corrected chi connectivity index (χ1v) is 14.3. The van der Waals surface area contributed by atoms with Crippen LogP contribution in [0.4, 0.5) is 11.4 Å². The highest BCUT2D eigenvalue weighted by atomic mass is 79.9. The third-order valence-electron chi connectivity index (χ3n) is 8.96. The molecular weight excluding hydrogens is 623 g/mol. The topological polar surface area (TPSA) is 101 Å². The average Bonchev–Trinajstić information content (AvgIpc) is 3.34. The van der Waals surface area contributed by atoms with Crippen molar-refractivity contribution < 1.29 is 28.7 Å². The number of imide groups is 2. The number of halogens is 3. The van der Waals surface area contributed by atoms with Gasteiger partial charge < -0.3 is 4.74 Å². The van der Waals surface area contributed by atoms with Gasteiger partial charge in [-0.25, -0.2) is 14.6 Å². The van der Waals surface area contributed by atoms with Crippen molar-refractivity contribution >= 4 is 80.1 Å². The number of nitrogens with zero attached hydrogens (tertiary/aromatic N) is 2. The molecule has 2 saturated heterocycles. The quantitative estimate of drug-likeness (QED) is 0.265. The van der Waals surface area contributed by atoms with E-state index in [1.807, 2.05) is 0 Å². The third-order valence-corrected chi connectivity index (χ3v) is 11.2. The number of para-hydroxylation sites is 2. The zero-order valence-corrected chi connectivity index (χ0v) is 24.7. The van der Waals surface area contributed by atoms with Gasteiger partial charge in [-0.2, -0.15) is 0 Å². The van der Waals surface area contributed by atoms with Crippen LogP contribution in [0.5, 0.6) is 0 Å². The summed E-state index contributed by atoms with van der Waals surface area (Å²) in [5, 5.41) is 0.382. The summed E-state index contributed by atoms with van der Waals surface area (Å²) in [6.45, 7) is 4.98. The Kier molecular flexibility index (Phi) is 6.11. The van der Waals surface area contributed by atoms with E-state index in [4.69, 9.17) is 27.9 Å². The number of allylic oxidation sites excluding steroid dienone is 1. The summed E-state index contributed by atoms with van der Waals surface area (Å²) >= 11 is 16.6. The zero-order valence-electron chi connectivity index (χ0n) is 21.6. The monoisotopic (exact) mass is 644 g/mol.